The molecule has 0 aliphatic carbocycles. The van der Waals surface area contributed by atoms with E-state index < -0.39 is 21.1 Å². The zero-order valence-corrected chi connectivity index (χ0v) is 10.4. The maximum Gasteiger partial charge on any atom is 0.251 e. The summed E-state index contributed by atoms with van der Waals surface area (Å²) in [6, 6.07) is 6.82. The number of hydrogen-bond acceptors (Lipinski definition) is 3. The normalized spacial score (nSPS) is 12.8. The first-order chi connectivity index (χ1) is 7.93. The first-order valence-corrected chi connectivity index (χ1v) is 6.56. The fourth-order valence-electron chi connectivity index (χ4n) is 1.36. The summed E-state index contributed by atoms with van der Waals surface area (Å²) in [6.07, 6.45) is 0.213. The molecule has 17 heavy (non-hydrogen) atoms. The minimum Gasteiger partial charge on any atom is -0.272 e. The Kier molecular flexibility index (Phi) is 4.07. The van der Waals surface area contributed by atoms with Crippen molar-refractivity contribution in [2.75, 3.05) is 11.4 Å². The van der Waals surface area contributed by atoms with Crippen molar-refractivity contribution < 1.29 is 12.8 Å². The van der Waals surface area contributed by atoms with Gasteiger partial charge in [-0.05, 0) is 30.7 Å². The average Bonchev–Trinajstić information content (AvgIpc) is 2.30. The van der Waals surface area contributed by atoms with E-state index in [2.05, 4.69) is 0 Å². The summed E-state index contributed by atoms with van der Waals surface area (Å²) in [5.74, 6) is -0.438. The second kappa shape index (κ2) is 5.15. The lowest BCUT2D eigenvalue weighted by molar-refractivity contribution is 0.585. The standard InChI is InChI=1S/C11H13FN2O2S/c1-3-11(8-13)17(15,16)14(2)10-6-4-9(12)5-7-10/h4-7,11H,3H2,1-2H3. The Bertz CT molecular complexity index is 519. The molecule has 0 N–H and O–H groups in total. The number of hydrogen-bond donors (Lipinski definition) is 0. The third-order valence-corrected chi connectivity index (χ3v) is 4.58. The van der Waals surface area contributed by atoms with Crippen LogP contribution in [-0.4, -0.2) is 20.7 Å². The van der Waals surface area contributed by atoms with E-state index >= 15 is 0 Å². The van der Waals surface area contributed by atoms with Crippen LogP contribution in [0.25, 0.3) is 0 Å². The quantitative estimate of drug-likeness (QED) is 0.826. The van der Waals surface area contributed by atoms with Gasteiger partial charge in [0.25, 0.3) is 10.0 Å². The second-order valence-corrected chi connectivity index (χ2v) is 5.66. The Hall–Kier alpha value is -1.61. The van der Waals surface area contributed by atoms with Crippen LogP contribution in [0, 0.1) is 17.1 Å². The lowest BCUT2D eigenvalue weighted by Gasteiger charge is -2.21. The minimum absolute atomic E-state index is 0.213. The van der Waals surface area contributed by atoms with Crippen molar-refractivity contribution in [3.05, 3.63) is 30.1 Å². The Morgan fingerprint density at radius 3 is 2.35 bits per heavy atom. The van der Waals surface area contributed by atoms with E-state index in [-0.39, 0.29) is 6.42 Å². The van der Waals surface area contributed by atoms with Crippen LogP contribution in [0.1, 0.15) is 13.3 Å². The number of sulfonamides is 1. The van der Waals surface area contributed by atoms with Crippen molar-refractivity contribution in [2.24, 2.45) is 0 Å². The van der Waals surface area contributed by atoms with Crippen molar-refractivity contribution in [1.82, 2.24) is 0 Å². The van der Waals surface area contributed by atoms with Gasteiger partial charge in [0.1, 0.15) is 5.82 Å². The predicted octanol–water partition coefficient (Wildman–Crippen LogP) is 1.89. The molecule has 0 saturated heterocycles. The molecule has 0 saturated carbocycles. The summed E-state index contributed by atoms with van der Waals surface area (Å²) in [7, 11) is -2.37. The summed E-state index contributed by atoms with van der Waals surface area (Å²) < 4.78 is 37.7. The van der Waals surface area contributed by atoms with Gasteiger partial charge in [-0.1, -0.05) is 6.92 Å². The van der Waals surface area contributed by atoms with E-state index in [4.69, 9.17) is 5.26 Å². The monoisotopic (exact) mass is 256 g/mol. The van der Waals surface area contributed by atoms with E-state index in [0.717, 1.165) is 4.31 Å². The van der Waals surface area contributed by atoms with Gasteiger partial charge in [-0.2, -0.15) is 5.26 Å². The number of halogens is 1. The number of nitrogens with zero attached hydrogens (tertiary/aromatic N) is 2. The topological polar surface area (TPSA) is 61.2 Å². The van der Waals surface area contributed by atoms with Crippen molar-refractivity contribution >= 4 is 15.7 Å². The molecule has 0 fully saturated rings. The van der Waals surface area contributed by atoms with Crippen molar-refractivity contribution in [2.45, 2.75) is 18.6 Å². The van der Waals surface area contributed by atoms with Gasteiger partial charge in [0.15, 0.2) is 5.25 Å². The summed E-state index contributed by atoms with van der Waals surface area (Å²) in [5, 5.41) is 7.70. The van der Waals surface area contributed by atoms with E-state index in [1.54, 1.807) is 13.0 Å². The largest absolute Gasteiger partial charge is 0.272 e. The maximum absolute atomic E-state index is 12.7. The Morgan fingerprint density at radius 2 is 1.94 bits per heavy atom. The zero-order valence-electron chi connectivity index (χ0n) is 9.59. The van der Waals surface area contributed by atoms with Crippen LogP contribution < -0.4 is 4.31 Å². The first-order valence-electron chi connectivity index (χ1n) is 5.06. The highest BCUT2D eigenvalue weighted by molar-refractivity contribution is 7.93. The molecular weight excluding hydrogens is 243 g/mol. The molecule has 1 aromatic rings. The number of rotatable bonds is 4. The summed E-state index contributed by atoms with van der Waals surface area (Å²) in [4.78, 5) is 0. The van der Waals surface area contributed by atoms with Gasteiger partial charge in [0.2, 0.25) is 0 Å². The number of benzene rings is 1. The molecule has 0 aromatic heterocycles. The van der Waals surface area contributed by atoms with E-state index in [1.165, 1.54) is 31.3 Å². The third kappa shape index (κ3) is 2.74. The van der Waals surface area contributed by atoms with Gasteiger partial charge in [-0.25, -0.2) is 12.8 Å². The van der Waals surface area contributed by atoms with Crippen LogP contribution in [0.5, 0.6) is 0 Å². The molecule has 0 heterocycles. The average molecular weight is 256 g/mol. The van der Waals surface area contributed by atoms with Crippen molar-refractivity contribution in [1.29, 1.82) is 5.26 Å². The van der Waals surface area contributed by atoms with Crippen LogP contribution in [0.2, 0.25) is 0 Å². The van der Waals surface area contributed by atoms with Gasteiger partial charge >= 0.3 is 0 Å². The van der Waals surface area contributed by atoms with Crippen molar-refractivity contribution in [3.8, 4) is 6.07 Å². The highest BCUT2D eigenvalue weighted by Crippen LogP contribution is 2.20. The SMILES string of the molecule is CCC(C#N)S(=O)(=O)N(C)c1ccc(F)cc1. The number of nitriles is 1. The Morgan fingerprint density at radius 1 is 1.41 bits per heavy atom. The molecule has 0 radical (unpaired) electrons. The molecule has 1 atom stereocenters. The smallest absolute Gasteiger partial charge is 0.251 e. The molecule has 0 bridgehead atoms. The van der Waals surface area contributed by atoms with Crippen LogP contribution >= 0.6 is 0 Å². The van der Waals surface area contributed by atoms with Crippen molar-refractivity contribution in [3.63, 3.8) is 0 Å². The molecule has 0 aliphatic heterocycles. The van der Waals surface area contributed by atoms with Gasteiger partial charge < -0.3 is 0 Å². The Labute approximate surface area is 100 Å². The molecule has 0 spiro atoms. The minimum atomic E-state index is -3.72. The molecule has 0 aliphatic rings. The fraction of sp³-hybridized carbons (Fsp3) is 0.364. The molecule has 6 heteroatoms. The second-order valence-electron chi connectivity index (χ2n) is 3.51. The molecular formula is C11H13FN2O2S. The summed E-state index contributed by atoms with van der Waals surface area (Å²) in [5.41, 5.74) is 0.333. The molecule has 0 amide bonds. The summed E-state index contributed by atoms with van der Waals surface area (Å²) in [6.45, 7) is 1.63. The van der Waals surface area contributed by atoms with E-state index in [9.17, 15) is 12.8 Å². The van der Waals surface area contributed by atoms with Gasteiger partial charge in [0, 0.05) is 7.05 Å². The van der Waals surface area contributed by atoms with Gasteiger partial charge in [-0.3, -0.25) is 4.31 Å². The zero-order chi connectivity index (χ0) is 13.1. The summed E-state index contributed by atoms with van der Waals surface area (Å²) >= 11 is 0. The molecule has 4 nitrogen and oxygen atoms in total. The lowest BCUT2D eigenvalue weighted by atomic mass is 10.3. The fourth-order valence-corrected chi connectivity index (χ4v) is 2.71. The molecule has 1 unspecified atom stereocenters. The van der Waals surface area contributed by atoms with Crippen LogP contribution in [-0.2, 0) is 10.0 Å². The van der Waals surface area contributed by atoms with Crippen LogP contribution in [0.4, 0.5) is 10.1 Å². The highest BCUT2D eigenvalue weighted by Gasteiger charge is 2.28. The predicted molar refractivity (Wildman–Crippen MR) is 63.4 cm³/mol. The first kappa shape index (κ1) is 13.5. The van der Waals surface area contributed by atoms with Crippen LogP contribution in [0.15, 0.2) is 24.3 Å². The Balaban J connectivity index is 3.09. The lowest BCUT2D eigenvalue weighted by Crippen LogP contribution is -2.35. The van der Waals surface area contributed by atoms with E-state index in [0.29, 0.717) is 5.69 Å². The highest BCUT2D eigenvalue weighted by atomic mass is 32.2. The number of anilines is 1. The van der Waals surface area contributed by atoms with Crippen LogP contribution in [0.3, 0.4) is 0 Å². The van der Waals surface area contributed by atoms with E-state index in [1.807, 2.05) is 0 Å². The molecule has 1 aromatic carbocycles. The van der Waals surface area contributed by atoms with Gasteiger partial charge in [0.05, 0.1) is 11.8 Å². The molecule has 1 rings (SSSR count). The maximum atomic E-state index is 12.7. The third-order valence-electron chi connectivity index (χ3n) is 2.45. The molecule has 92 valence electrons. The van der Waals surface area contributed by atoms with Gasteiger partial charge in [-0.15, -0.1) is 0 Å².